The van der Waals surface area contributed by atoms with Crippen LogP contribution in [0.25, 0.3) is 0 Å². The van der Waals surface area contributed by atoms with Crippen molar-refractivity contribution in [3.05, 3.63) is 29.8 Å². The van der Waals surface area contributed by atoms with E-state index in [-0.39, 0.29) is 0 Å². The van der Waals surface area contributed by atoms with Crippen LogP contribution < -0.4 is 10.1 Å². The Kier molecular flexibility index (Phi) is 9.92. The fourth-order valence-corrected chi connectivity index (χ4v) is 2.25. The van der Waals surface area contributed by atoms with Crippen LogP contribution in [0.1, 0.15) is 45.1 Å². The Hall–Kier alpha value is -1.06. The Balaban J connectivity index is 2.30. The van der Waals surface area contributed by atoms with Gasteiger partial charge in [-0.3, -0.25) is 0 Å². The van der Waals surface area contributed by atoms with Crippen LogP contribution in [0.15, 0.2) is 24.3 Å². The molecule has 1 rings (SSSR count). The minimum atomic E-state index is 0.757. The zero-order valence-corrected chi connectivity index (χ0v) is 14.0. The predicted octanol–water partition coefficient (Wildman–Crippen LogP) is 3.69. The van der Waals surface area contributed by atoms with E-state index in [0.717, 1.165) is 45.0 Å². The van der Waals surface area contributed by atoms with Gasteiger partial charge in [-0.2, -0.15) is 0 Å². The quantitative estimate of drug-likeness (QED) is 0.595. The van der Waals surface area contributed by atoms with Gasteiger partial charge in [0.2, 0.25) is 0 Å². The van der Waals surface area contributed by atoms with Crippen LogP contribution in [0.2, 0.25) is 0 Å². The van der Waals surface area contributed by atoms with Gasteiger partial charge in [-0.15, -0.1) is 0 Å². The van der Waals surface area contributed by atoms with Gasteiger partial charge in [0, 0.05) is 18.7 Å². The molecule has 0 heterocycles. The fraction of sp³-hybridized carbons (Fsp3) is 0.667. The van der Waals surface area contributed by atoms with Crippen LogP contribution >= 0.6 is 0 Å². The molecule has 0 saturated heterocycles. The third-order valence-corrected chi connectivity index (χ3v) is 3.59. The van der Waals surface area contributed by atoms with E-state index >= 15 is 0 Å². The largest absolute Gasteiger partial charge is 0.492 e. The first-order chi connectivity index (χ1) is 10.3. The van der Waals surface area contributed by atoms with E-state index in [1.54, 1.807) is 0 Å². The second-order valence-corrected chi connectivity index (χ2v) is 5.64. The molecule has 1 aromatic rings. The Morgan fingerprint density at radius 1 is 1.05 bits per heavy atom. The Morgan fingerprint density at radius 2 is 1.86 bits per heavy atom. The van der Waals surface area contributed by atoms with E-state index in [0.29, 0.717) is 0 Å². The van der Waals surface area contributed by atoms with Crippen LogP contribution in [-0.2, 0) is 6.54 Å². The molecule has 0 aromatic heterocycles. The smallest absolute Gasteiger partial charge is 0.123 e. The molecule has 0 bridgehead atoms. The lowest BCUT2D eigenvalue weighted by atomic mass is 10.2. The number of unbranched alkanes of at least 4 members (excludes halogenated alkanes) is 2. The van der Waals surface area contributed by atoms with E-state index in [4.69, 9.17) is 4.74 Å². The summed E-state index contributed by atoms with van der Waals surface area (Å²) in [4.78, 5) is 2.35. The molecule has 0 radical (unpaired) electrons. The first-order valence-corrected chi connectivity index (χ1v) is 8.37. The Labute approximate surface area is 130 Å². The lowest BCUT2D eigenvalue weighted by Crippen LogP contribution is -2.25. The van der Waals surface area contributed by atoms with Crippen LogP contribution in [0.5, 0.6) is 5.75 Å². The Bertz CT molecular complexity index is 368. The number of hydrogen-bond acceptors (Lipinski definition) is 3. The standard InChI is InChI=1S/C18H32N2O/c1-4-6-9-13-20(3)14-15-21-18-11-8-7-10-17(18)16-19-12-5-2/h7-8,10-11,19H,4-6,9,12-16H2,1-3H3. The highest BCUT2D eigenvalue weighted by Gasteiger charge is 2.03. The molecule has 3 heteroatoms. The van der Waals surface area contributed by atoms with Gasteiger partial charge in [0.1, 0.15) is 12.4 Å². The van der Waals surface area contributed by atoms with Gasteiger partial charge in [0.05, 0.1) is 0 Å². The second kappa shape index (κ2) is 11.6. The SMILES string of the molecule is CCCCCN(C)CCOc1ccccc1CNCCC. The maximum Gasteiger partial charge on any atom is 0.123 e. The van der Waals surface area contributed by atoms with Crippen molar-refractivity contribution in [3.8, 4) is 5.75 Å². The van der Waals surface area contributed by atoms with Crippen molar-refractivity contribution in [1.29, 1.82) is 0 Å². The molecule has 1 aromatic carbocycles. The average Bonchev–Trinajstić information content (AvgIpc) is 2.49. The van der Waals surface area contributed by atoms with Gasteiger partial charge in [0.15, 0.2) is 0 Å². The molecule has 3 nitrogen and oxygen atoms in total. The topological polar surface area (TPSA) is 24.5 Å². The van der Waals surface area contributed by atoms with Gasteiger partial charge in [-0.25, -0.2) is 0 Å². The molecule has 0 aliphatic heterocycles. The van der Waals surface area contributed by atoms with Crippen LogP contribution in [0.4, 0.5) is 0 Å². The summed E-state index contributed by atoms with van der Waals surface area (Å²) in [6.07, 6.45) is 5.04. The van der Waals surface area contributed by atoms with Crippen molar-refractivity contribution in [3.63, 3.8) is 0 Å². The van der Waals surface area contributed by atoms with Crippen LogP contribution in [0, 0.1) is 0 Å². The molecule has 0 unspecified atom stereocenters. The molecule has 0 atom stereocenters. The summed E-state index contributed by atoms with van der Waals surface area (Å²) in [5.41, 5.74) is 1.25. The number of hydrogen-bond donors (Lipinski definition) is 1. The predicted molar refractivity (Wildman–Crippen MR) is 91.0 cm³/mol. The van der Waals surface area contributed by atoms with E-state index in [2.05, 4.69) is 49.3 Å². The average molecular weight is 292 g/mol. The third kappa shape index (κ3) is 8.08. The molecule has 0 fully saturated rings. The van der Waals surface area contributed by atoms with Crippen molar-refractivity contribution in [2.24, 2.45) is 0 Å². The molecule has 0 aliphatic carbocycles. The molecule has 0 saturated carbocycles. The number of benzene rings is 1. The lowest BCUT2D eigenvalue weighted by Gasteiger charge is -2.18. The summed E-state index contributed by atoms with van der Waals surface area (Å²) in [6, 6.07) is 8.33. The van der Waals surface area contributed by atoms with E-state index in [1.165, 1.54) is 24.8 Å². The number of rotatable bonds is 12. The van der Waals surface area contributed by atoms with Gasteiger partial charge in [-0.05, 0) is 39.0 Å². The molecular formula is C18H32N2O. The summed E-state index contributed by atoms with van der Waals surface area (Å²) in [5, 5.41) is 3.43. The van der Waals surface area contributed by atoms with Gasteiger partial charge >= 0.3 is 0 Å². The highest BCUT2D eigenvalue weighted by molar-refractivity contribution is 5.33. The highest BCUT2D eigenvalue weighted by Crippen LogP contribution is 2.17. The summed E-state index contributed by atoms with van der Waals surface area (Å²) in [7, 11) is 2.17. The highest BCUT2D eigenvalue weighted by atomic mass is 16.5. The first kappa shape index (κ1) is 18.0. The normalized spacial score (nSPS) is 11.0. The summed E-state index contributed by atoms with van der Waals surface area (Å²) < 4.78 is 5.96. The minimum absolute atomic E-state index is 0.757. The molecular weight excluding hydrogens is 260 g/mol. The molecule has 0 spiro atoms. The molecule has 120 valence electrons. The van der Waals surface area contributed by atoms with Gasteiger partial charge in [0.25, 0.3) is 0 Å². The molecule has 1 N–H and O–H groups in total. The van der Waals surface area contributed by atoms with Crippen LogP contribution in [0.3, 0.4) is 0 Å². The van der Waals surface area contributed by atoms with E-state index < -0.39 is 0 Å². The monoisotopic (exact) mass is 292 g/mol. The van der Waals surface area contributed by atoms with Crippen molar-refractivity contribution in [2.75, 3.05) is 33.3 Å². The Morgan fingerprint density at radius 3 is 2.62 bits per heavy atom. The number of ether oxygens (including phenoxy) is 1. The van der Waals surface area contributed by atoms with Gasteiger partial charge < -0.3 is 15.0 Å². The zero-order valence-electron chi connectivity index (χ0n) is 14.0. The van der Waals surface area contributed by atoms with E-state index in [9.17, 15) is 0 Å². The summed E-state index contributed by atoms with van der Waals surface area (Å²) in [5.74, 6) is 1.02. The zero-order chi connectivity index (χ0) is 15.3. The van der Waals surface area contributed by atoms with Gasteiger partial charge in [-0.1, -0.05) is 44.9 Å². The third-order valence-electron chi connectivity index (χ3n) is 3.59. The molecule has 21 heavy (non-hydrogen) atoms. The minimum Gasteiger partial charge on any atom is -0.492 e. The van der Waals surface area contributed by atoms with Crippen LogP contribution in [-0.4, -0.2) is 38.2 Å². The summed E-state index contributed by atoms with van der Waals surface area (Å²) in [6.45, 7) is 9.27. The number of nitrogens with zero attached hydrogens (tertiary/aromatic N) is 1. The van der Waals surface area contributed by atoms with Crippen molar-refractivity contribution >= 4 is 0 Å². The lowest BCUT2D eigenvalue weighted by molar-refractivity contribution is 0.233. The first-order valence-electron chi connectivity index (χ1n) is 8.37. The molecule has 0 aliphatic rings. The number of likely N-dealkylation sites (N-methyl/N-ethyl adjacent to an activating group) is 1. The van der Waals surface area contributed by atoms with Crippen molar-refractivity contribution < 1.29 is 4.74 Å². The fourth-order valence-electron chi connectivity index (χ4n) is 2.25. The maximum atomic E-state index is 5.96. The number of nitrogens with one attached hydrogen (secondary N) is 1. The van der Waals surface area contributed by atoms with Crippen molar-refractivity contribution in [1.82, 2.24) is 10.2 Å². The summed E-state index contributed by atoms with van der Waals surface area (Å²) >= 11 is 0. The van der Waals surface area contributed by atoms with E-state index in [1.807, 2.05) is 6.07 Å². The number of para-hydroxylation sites is 1. The molecule has 0 amide bonds. The van der Waals surface area contributed by atoms with Crippen molar-refractivity contribution in [2.45, 2.75) is 46.1 Å². The maximum absolute atomic E-state index is 5.96. The second-order valence-electron chi connectivity index (χ2n) is 5.64.